The van der Waals surface area contributed by atoms with Gasteiger partial charge in [-0.3, -0.25) is 14.6 Å². The molecule has 1 aliphatic carbocycles. The van der Waals surface area contributed by atoms with Crippen LogP contribution in [0.25, 0.3) is 0 Å². The number of anilines is 1. The molecule has 1 saturated heterocycles. The van der Waals surface area contributed by atoms with Crippen LogP contribution in [0.4, 0.5) is 5.69 Å². The van der Waals surface area contributed by atoms with Crippen LogP contribution in [-0.4, -0.2) is 34.3 Å². The lowest BCUT2D eigenvalue weighted by atomic mass is 10.1. The van der Waals surface area contributed by atoms with Crippen LogP contribution in [0.3, 0.4) is 0 Å². The highest BCUT2D eigenvalue weighted by atomic mass is 16.5. The van der Waals surface area contributed by atoms with E-state index in [-0.39, 0.29) is 24.2 Å². The van der Waals surface area contributed by atoms with Gasteiger partial charge >= 0.3 is 0 Å². The van der Waals surface area contributed by atoms with E-state index in [0.717, 1.165) is 30.0 Å². The summed E-state index contributed by atoms with van der Waals surface area (Å²) in [6.07, 6.45) is 6.95. The number of hydrogen-bond donors (Lipinski definition) is 1. The Kier molecular flexibility index (Phi) is 5.55. The van der Waals surface area contributed by atoms with Gasteiger partial charge in [-0.15, -0.1) is 0 Å². The zero-order valence-electron chi connectivity index (χ0n) is 15.8. The summed E-state index contributed by atoms with van der Waals surface area (Å²) in [6.45, 7) is 0.862. The third-order valence-electron chi connectivity index (χ3n) is 5.39. The van der Waals surface area contributed by atoms with Crippen LogP contribution in [0.1, 0.15) is 37.8 Å². The van der Waals surface area contributed by atoms with Crippen LogP contribution in [-0.2, 0) is 16.1 Å². The lowest BCUT2D eigenvalue weighted by molar-refractivity contribution is -0.128. The van der Waals surface area contributed by atoms with Crippen molar-refractivity contribution in [3.05, 3.63) is 54.4 Å². The van der Waals surface area contributed by atoms with Crippen molar-refractivity contribution in [2.45, 2.75) is 44.8 Å². The molecule has 1 aliphatic heterocycles. The molecule has 4 rings (SSSR count). The van der Waals surface area contributed by atoms with Gasteiger partial charge in [-0.1, -0.05) is 6.07 Å². The first-order chi connectivity index (χ1) is 13.7. The molecule has 146 valence electrons. The molecule has 2 heterocycles. The number of benzene rings is 1. The maximum atomic E-state index is 12.6. The van der Waals surface area contributed by atoms with Crippen LogP contribution in [0.5, 0.6) is 5.75 Å². The van der Waals surface area contributed by atoms with Crippen LogP contribution < -0.4 is 10.1 Å². The molecule has 6 heteroatoms. The quantitative estimate of drug-likeness (QED) is 0.835. The van der Waals surface area contributed by atoms with Crippen molar-refractivity contribution in [3.63, 3.8) is 0 Å². The van der Waals surface area contributed by atoms with Gasteiger partial charge in [0.2, 0.25) is 11.8 Å². The molecule has 2 aromatic rings. The highest BCUT2D eigenvalue weighted by Gasteiger charge is 2.34. The van der Waals surface area contributed by atoms with E-state index in [1.807, 2.05) is 42.5 Å². The predicted molar refractivity (Wildman–Crippen MR) is 106 cm³/mol. The zero-order chi connectivity index (χ0) is 19.3. The number of carbonyl (C=O) groups is 2. The van der Waals surface area contributed by atoms with E-state index >= 15 is 0 Å². The van der Waals surface area contributed by atoms with Crippen molar-refractivity contribution in [1.29, 1.82) is 0 Å². The lowest BCUT2D eigenvalue weighted by Gasteiger charge is -2.16. The van der Waals surface area contributed by atoms with Crippen molar-refractivity contribution < 1.29 is 14.3 Å². The minimum Gasteiger partial charge on any atom is -0.490 e. The number of rotatable bonds is 6. The summed E-state index contributed by atoms with van der Waals surface area (Å²) in [7, 11) is 0. The molecular weight excluding hydrogens is 354 g/mol. The van der Waals surface area contributed by atoms with E-state index in [9.17, 15) is 9.59 Å². The second kappa shape index (κ2) is 8.42. The van der Waals surface area contributed by atoms with E-state index in [4.69, 9.17) is 4.74 Å². The molecule has 0 bridgehead atoms. The molecule has 6 nitrogen and oxygen atoms in total. The molecule has 0 spiro atoms. The largest absolute Gasteiger partial charge is 0.490 e. The smallest absolute Gasteiger partial charge is 0.229 e. The SMILES string of the molecule is O=C(Nc1ccc(OC2CCCC2)cc1)C1CC(=O)N(Cc2ccccn2)C1. The summed E-state index contributed by atoms with van der Waals surface area (Å²) in [4.78, 5) is 30.8. The topological polar surface area (TPSA) is 71.5 Å². The minimum absolute atomic E-state index is 0.00823. The fourth-order valence-electron chi connectivity index (χ4n) is 3.85. The third kappa shape index (κ3) is 4.50. The number of nitrogens with one attached hydrogen (secondary N) is 1. The van der Waals surface area contributed by atoms with Gasteiger partial charge in [0.1, 0.15) is 5.75 Å². The standard InChI is InChI=1S/C22H25N3O3/c26-21-13-16(14-25(21)15-18-5-3-4-12-23-18)22(27)24-17-8-10-20(11-9-17)28-19-6-1-2-7-19/h3-5,8-12,16,19H,1-2,6-7,13-15H2,(H,24,27). The molecule has 2 aliphatic rings. The highest BCUT2D eigenvalue weighted by Crippen LogP contribution is 2.26. The first-order valence-electron chi connectivity index (χ1n) is 9.92. The zero-order valence-corrected chi connectivity index (χ0v) is 15.8. The van der Waals surface area contributed by atoms with Gasteiger partial charge in [0.15, 0.2) is 0 Å². The minimum atomic E-state index is -0.342. The number of ether oxygens (including phenoxy) is 1. The van der Waals surface area contributed by atoms with Crippen LogP contribution >= 0.6 is 0 Å². The molecule has 1 aromatic carbocycles. The Morgan fingerprint density at radius 3 is 2.64 bits per heavy atom. The molecule has 1 aromatic heterocycles. The van der Waals surface area contributed by atoms with Gasteiger partial charge in [-0.25, -0.2) is 0 Å². The number of aromatic nitrogens is 1. The number of amides is 2. The van der Waals surface area contributed by atoms with Gasteiger partial charge in [-0.2, -0.15) is 0 Å². The number of carbonyl (C=O) groups excluding carboxylic acids is 2. The van der Waals surface area contributed by atoms with E-state index in [0.29, 0.717) is 19.2 Å². The fourth-order valence-corrected chi connectivity index (χ4v) is 3.85. The van der Waals surface area contributed by atoms with Crippen LogP contribution in [0, 0.1) is 5.92 Å². The van der Waals surface area contributed by atoms with Crippen molar-refractivity contribution in [1.82, 2.24) is 9.88 Å². The second-order valence-electron chi connectivity index (χ2n) is 7.53. The van der Waals surface area contributed by atoms with Gasteiger partial charge in [-0.05, 0) is 62.1 Å². The van der Waals surface area contributed by atoms with E-state index in [1.54, 1.807) is 11.1 Å². The normalized spacial score (nSPS) is 19.8. The van der Waals surface area contributed by atoms with Crippen LogP contribution in [0.15, 0.2) is 48.7 Å². The molecule has 1 atom stereocenters. The Hall–Kier alpha value is -2.89. The van der Waals surface area contributed by atoms with Crippen LogP contribution in [0.2, 0.25) is 0 Å². The summed E-state index contributed by atoms with van der Waals surface area (Å²) in [5.74, 6) is 0.362. The maximum Gasteiger partial charge on any atom is 0.229 e. The summed E-state index contributed by atoms with van der Waals surface area (Å²) < 4.78 is 5.95. The third-order valence-corrected chi connectivity index (χ3v) is 5.39. The van der Waals surface area contributed by atoms with Gasteiger partial charge < -0.3 is 15.0 Å². The number of hydrogen-bond acceptors (Lipinski definition) is 4. The van der Waals surface area contributed by atoms with Gasteiger partial charge in [0.25, 0.3) is 0 Å². The molecule has 1 saturated carbocycles. The molecule has 28 heavy (non-hydrogen) atoms. The Bertz CT molecular complexity index is 817. The van der Waals surface area contributed by atoms with Crippen molar-refractivity contribution >= 4 is 17.5 Å². The molecular formula is C22H25N3O3. The number of nitrogens with zero attached hydrogens (tertiary/aromatic N) is 2. The van der Waals surface area contributed by atoms with Gasteiger partial charge in [0.05, 0.1) is 24.3 Å². The monoisotopic (exact) mass is 379 g/mol. The van der Waals surface area contributed by atoms with E-state index < -0.39 is 0 Å². The number of likely N-dealkylation sites (tertiary alicyclic amines) is 1. The number of pyridine rings is 1. The Labute approximate surface area is 164 Å². The summed E-state index contributed by atoms with van der Waals surface area (Å²) in [5.41, 5.74) is 1.55. The Balaban J connectivity index is 1.30. The molecule has 0 radical (unpaired) electrons. The molecule has 2 fully saturated rings. The Morgan fingerprint density at radius 2 is 1.93 bits per heavy atom. The summed E-state index contributed by atoms with van der Waals surface area (Å²) in [6, 6.07) is 13.1. The highest BCUT2D eigenvalue weighted by molar-refractivity contribution is 5.97. The first-order valence-corrected chi connectivity index (χ1v) is 9.92. The first kappa shape index (κ1) is 18.5. The van der Waals surface area contributed by atoms with Crippen molar-refractivity contribution in [3.8, 4) is 5.75 Å². The van der Waals surface area contributed by atoms with E-state index in [1.165, 1.54) is 12.8 Å². The Morgan fingerprint density at radius 1 is 1.14 bits per heavy atom. The fraction of sp³-hybridized carbons (Fsp3) is 0.409. The summed E-state index contributed by atoms with van der Waals surface area (Å²) in [5, 5.41) is 2.92. The lowest BCUT2D eigenvalue weighted by Crippen LogP contribution is -2.28. The molecule has 1 unspecified atom stereocenters. The maximum absolute atomic E-state index is 12.6. The average Bonchev–Trinajstić information content (AvgIpc) is 3.34. The van der Waals surface area contributed by atoms with Gasteiger partial charge in [0, 0.05) is 24.8 Å². The second-order valence-corrected chi connectivity index (χ2v) is 7.53. The predicted octanol–water partition coefficient (Wildman–Crippen LogP) is 3.39. The van der Waals surface area contributed by atoms with Crippen molar-refractivity contribution in [2.75, 3.05) is 11.9 Å². The van der Waals surface area contributed by atoms with E-state index in [2.05, 4.69) is 10.3 Å². The summed E-state index contributed by atoms with van der Waals surface area (Å²) >= 11 is 0. The molecule has 1 N–H and O–H groups in total. The average molecular weight is 379 g/mol. The molecule has 2 amide bonds. The van der Waals surface area contributed by atoms with Crippen molar-refractivity contribution in [2.24, 2.45) is 5.92 Å².